The summed E-state index contributed by atoms with van der Waals surface area (Å²) in [5.74, 6) is 0. The fourth-order valence-corrected chi connectivity index (χ4v) is 2.11. The van der Waals surface area contributed by atoms with Crippen LogP contribution in [0.3, 0.4) is 0 Å². The second-order valence-corrected chi connectivity index (χ2v) is 5.88. The third kappa shape index (κ3) is 3.07. The van der Waals surface area contributed by atoms with Gasteiger partial charge in [-0.05, 0) is 33.6 Å². The second kappa shape index (κ2) is 4.78. The summed E-state index contributed by atoms with van der Waals surface area (Å²) < 4.78 is 7.61. The van der Waals surface area contributed by atoms with Gasteiger partial charge in [-0.1, -0.05) is 0 Å². The Morgan fingerprint density at radius 3 is 2.76 bits per heavy atom. The van der Waals surface area contributed by atoms with E-state index >= 15 is 0 Å². The van der Waals surface area contributed by atoms with Crippen molar-refractivity contribution >= 4 is 0 Å². The Labute approximate surface area is 103 Å². The molecule has 0 aliphatic heterocycles. The quantitative estimate of drug-likeness (QED) is 0.872. The molecule has 0 unspecified atom stereocenters. The molecular formula is C13H23N3O. The molecule has 0 atom stereocenters. The van der Waals surface area contributed by atoms with E-state index in [1.807, 2.05) is 12.5 Å². The number of nitrogens with one attached hydrogen (secondary N) is 1. The topological polar surface area (TPSA) is 39.1 Å². The standard InChI is InChI=1S/C13H23N3O/c1-13(2,3)15-8-11-7-14-9-16(11)10-5-12(6-10)17-4/h7,9-10,12,15H,5-6,8H2,1-4H3. The summed E-state index contributed by atoms with van der Waals surface area (Å²) in [7, 11) is 1.79. The fraction of sp³-hybridized carbons (Fsp3) is 0.769. The Kier molecular flexibility index (Phi) is 3.54. The van der Waals surface area contributed by atoms with E-state index in [2.05, 4.69) is 35.6 Å². The molecule has 1 aromatic heterocycles. The minimum Gasteiger partial charge on any atom is -0.381 e. The number of imidazole rings is 1. The zero-order valence-corrected chi connectivity index (χ0v) is 11.2. The van der Waals surface area contributed by atoms with Crippen LogP contribution < -0.4 is 5.32 Å². The summed E-state index contributed by atoms with van der Waals surface area (Å²) in [6.45, 7) is 7.41. The molecule has 4 nitrogen and oxygen atoms in total. The Hall–Kier alpha value is -0.870. The molecule has 1 aromatic rings. The van der Waals surface area contributed by atoms with Crippen LogP contribution in [0.4, 0.5) is 0 Å². The van der Waals surface area contributed by atoms with Crippen LogP contribution in [-0.4, -0.2) is 28.3 Å². The lowest BCUT2D eigenvalue weighted by Gasteiger charge is -2.36. The summed E-state index contributed by atoms with van der Waals surface area (Å²) in [5, 5.41) is 3.50. The Morgan fingerprint density at radius 1 is 1.47 bits per heavy atom. The fourth-order valence-electron chi connectivity index (χ4n) is 2.11. The third-order valence-corrected chi connectivity index (χ3v) is 3.34. The van der Waals surface area contributed by atoms with Crippen LogP contribution in [0.1, 0.15) is 45.3 Å². The van der Waals surface area contributed by atoms with Crippen LogP contribution >= 0.6 is 0 Å². The van der Waals surface area contributed by atoms with Gasteiger partial charge >= 0.3 is 0 Å². The molecule has 1 fully saturated rings. The molecule has 0 aromatic carbocycles. The molecule has 0 bridgehead atoms. The van der Waals surface area contributed by atoms with Crippen LogP contribution in [-0.2, 0) is 11.3 Å². The maximum atomic E-state index is 5.32. The highest BCUT2D eigenvalue weighted by Gasteiger charge is 2.31. The van der Waals surface area contributed by atoms with Crippen LogP contribution in [0.15, 0.2) is 12.5 Å². The van der Waals surface area contributed by atoms with Gasteiger partial charge in [0.2, 0.25) is 0 Å². The van der Waals surface area contributed by atoms with Gasteiger partial charge in [-0.2, -0.15) is 0 Å². The van der Waals surface area contributed by atoms with Crippen LogP contribution in [0.5, 0.6) is 0 Å². The van der Waals surface area contributed by atoms with Crippen molar-refractivity contribution in [3.63, 3.8) is 0 Å². The van der Waals surface area contributed by atoms with E-state index in [-0.39, 0.29) is 5.54 Å². The van der Waals surface area contributed by atoms with Crippen molar-refractivity contribution in [2.45, 2.75) is 57.8 Å². The van der Waals surface area contributed by atoms with E-state index in [4.69, 9.17) is 4.74 Å². The monoisotopic (exact) mass is 237 g/mol. The average molecular weight is 237 g/mol. The highest BCUT2D eigenvalue weighted by atomic mass is 16.5. The lowest BCUT2D eigenvalue weighted by atomic mass is 9.89. The van der Waals surface area contributed by atoms with Gasteiger partial charge in [-0.25, -0.2) is 4.98 Å². The summed E-state index contributed by atoms with van der Waals surface area (Å²) >= 11 is 0. The van der Waals surface area contributed by atoms with Crippen molar-refractivity contribution in [2.24, 2.45) is 0 Å². The SMILES string of the molecule is COC1CC(n2cncc2CNC(C)(C)C)C1. The zero-order valence-electron chi connectivity index (χ0n) is 11.2. The van der Waals surface area contributed by atoms with E-state index < -0.39 is 0 Å². The lowest BCUT2D eigenvalue weighted by Crippen LogP contribution is -2.37. The average Bonchev–Trinajstić information content (AvgIpc) is 2.60. The summed E-state index contributed by atoms with van der Waals surface area (Å²) in [5.41, 5.74) is 1.41. The van der Waals surface area contributed by atoms with Gasteiger partial charge in [0.25, 0.3) is 0 Å². The van der Waals surface area contributed by atoms with Crippen molar-refractivity contribution in [3.05, 3.63) is 18.2 Å². The largest absolute Gasteiger partial charge is 0.381 e. The third-order valence-electron chi connectivity index (χ3n) is 3.34. The molecule has 2 rings (SSSR count). The number of ether oxygens (including phenoxy) is 1. The van der Waals surface area contributed by atoms with Crippen LogP contribution in [0, 0.1) is 0 Å². The first-order chi connectivity index (χ1) is 7.99. The van der Waals surface area contributed by atoms with Crippen LogP contribution in [0.25, 0.3) is 0 Å². The van der Waals surface area contributed by atoms with Gasteiger partial charge in [0.1, 0.15) is 0 Å². The Balaban J connectivity index is 1.94. The molecule has 0 spiro atoms. The number of hydrogen-bond acceptors (Lipinski definition) is 3. The smallest absolute Gasteiger partial charge is 0.0951 e. The molecule has 0 radical (unpaired) electrons. The second-order valence-electron chi connectivity index (χ2n) is 5.88. The van der Waals surface area contributed by atoms with E-state index in [0.29, 0.717) is 12.1 Å². The van der Waals surface area contributed by atoms with E-state index in [9.17, 15) is 0 Å². The summed E-state index contributed by atoms with van der Waals surface area (Å²) in [6, 6.07) is 0.569. The van der Waals surface area contributed by atoms with Crippen molar-refractivity contribution < 1.29 is 4.74 Å². The predicted molar refractivity (Wildman–Crippen MR) is 67.9 cm³/mol. The van der Waals surface area contributed by atoms with E-state index in [0.717, 1.165) is 19.4 Å². The molecular weight excluding hydrogens is 214 g/mol. The molecule has 96 valence electrons. The summed E-state index contributed by atoms with van der Waals surface area (Å²) in [6.07, 6.45) is 6.55. The van der Waals surface area contributed by atoms with Gasteiger partial charge in [0.15, 0.2) is 0 Å². The Morgan fingerprint density at radius 2 is 2.18 bits per heavy atom. The Bertz CT molecular complexity index is 361. The molecule has 0 amide bonds. The maximum Gasteiger partial charge on any atom is 0.0951 e. The molecule has 4 heteroatoms. The van der Waals surface area contributed by atoms with Crippen molar-refractivity contribution in [1.82, 2.24) is 14.9 Å². The van der Waals surface area contributed by atoms with E-state index in [1.165, 1.54) is 5.69 Å². The lowest BCUT2D eigenvalue weighted by molar-refractivity contribution is 0.00530. The van der Waals surface area contributed by atoms with Gasteiger partial charge in [0, 0.05) is 31.4 Å². The zero-order chi connectivity index (χ0) is 12.5. The molecule has 1 heterocycles. The van der Waals surface area contributed by atoms with Gasteiger partial charge < -0.3 is 14.6 Å². The number of aromatic nitrogens is 2. The maximum absolute atomic E-state index is 5.32. The first kappa shape index (κ1) is 12.6. The first-order valence-electron chi connectivity index (χ1n) is 6.28. The first-order valence-corrected chi connectivity index (χ1v) is 6.28. The normalized spacial score (nSPS) is 24.7. The summed E-state index contributed by atoms with van der Waals surface area (Å²) in [4.78, 5) is 4.26. The molecule has 1 N–H and O–H groups in total. The number of nitrogens with zero attached hydrogens (tertiary/aromatic N) is 2. The molecule has 1 aliphatic carbocycles. The molecule has 1 saturated carbocycles. The van der Waals surface area contributed by atoms with Gasteiger partial charge in [-0.3, -0.25) is 0 Å². The molecule has 17 heavy (non-hydrogen) atoms. The number of methoxy groups -OCH3 is 1. The predicted octanol–water partition coefficient (Wildman–Crippen LogP) is 2.12. The van der Waals surface area contributed by atoms with E-state index in [1.54, 1.807) is 7.11 Å². The number of hydrogen-bond donors (Lipinski definition) is 1. The van der Waals surface area contributed by atoms with Gasteiger partial charge in [-0.15, -0.1) is 0 Å². The minimum absolute atomic E-state index is 0.143. The number of rotatable bonds is 4. The van der Waals surface area contributed by atoms with Gasteiger partial charge in [0.05, 0.1) is 18.1 Å². The molecule has 0 saturated heterocycles. The van der Waals surface area contributed by atoms with Crippen molar-refractivity contribution in [1.29, 1.82) is 0 Å². The highest BCUT2D eigenvalue weighted by Crippen LogP contribution is 2.34. The molecule has 1 aliphatic rings. The van der Waals surface area contributed by atoms with Crippen LogP contribution in [0.2, 0.25) is 0 Å². The van der Waals surface area contributed by atoms with Crippen molar-refractivity contribution in [2.75, 3.05) is 7.11 Å². The minimum atomic E-state index is 0.143. The van der Waals surface area contributed by atoms with Crippen molar-refractivity contribution in [3.8, 4) is 0 Å². The highest BCUT2D eigenvalue weighted by molar-refractivity contribution is 5.03.